The maximum atomic E-state index is 12.0. The second-order valence-corrected chi connectivity index (χ2v) is 4.43. The molecule has 1 aliphatic rings. The van der Waals surface area contributed by atoms with Crippen LogP contribution in [0, 0.1) is 0 Å². The summed E-state index contributed by atoms with van der Waals surface area (Å²) in [6, 6.07) is 7.53. The highest BCUT2D eigenvalue weighted by Gasteiger charge is 2.21. The summed E-state index contributed by atoms with van der Waals surface area (Å²) < 4.78 is 2.47. The molecule has 2 N–H and O–H groups in total. The molecule has 2 heterocycles. The van der Waals surface area contributed by atoms with E-state index in [1.165, 1.54) is 0 Å². The molecule has 1 fully saturated rings. The summed E-state index contributed by atoms with van der Waals surface area (Å²) in [7, 11) is 0. The molecule has 1 saturated heterocycles. The lowest BCUT2D eigenvalue weighted by Gasteiger charge is -2.23. The normalized spacial score (nSPS) is 17.6. The smallest absolute Gasteiger partial charge is 0.362 e. The van der Waals surface area contributed by atoms with Crippen LogP contribution in [-0.2, 0) is 0 Å². The molecule has 0 saturated carbocycles. The van der Waals surface area contributed by atoms with E-state index in [0.717, 1.165) is 36.2 Å². The fourth-order valence-electron chi connectivity index (χ4n) is 2.57. The zero-order chi connectivity index (χ0) is 11.8. The van der Waals surface area contributed by atoms with Crippen LogP contribution < -0.4 is 11.0 Å². The minimum absolute atomic E-state index is 0.182. The lowest BCUT2D eigenvalue weighted by Crippen LogP contribution is -2.34. The van der Waals surface area contributed by atoms with Gasteiger partial charge in [0.2, 0.25) is 0 Å². The summed E-state index contributed by atoms with van der Waals surface area (Å²) >= 11 is 0. The van der Waals surface area contributed by atoms with Gasteiger partial charge in [0.1, 0.15) is 5.52 Å². The van der Waals surface area contributed by atoms with Gasteiger partial charge in [-0.05, 0) is 38.1 Å². The van der Waals surface area contributed by atoms with Crippen molar-refractivity contribution in [2.45, 2.75) is 18.9 Å². The number of benzene rings is 1. The second-order valence-electron chi connectivity index (χ2n) is 4.43. The maximum absolute atomic E-state index is 12.0. The zero-order valence-corrected chi connectivity index (χ0v) is 9.47. The Balaban J connectivity index is 2.21. The fourth-order valence-corrected chi connectivity index (χ4v) is 2.57. The number of piperidine rings is 1. The van der Waals surface area contributed by atoms with E-state index in [1.54, 1.807) is 10.6 Å². The van der Waals surface area contributed by atoms with Crippen LogP contribution in [-0.4, -0.2) is 27.6 Å². The highest BCUT2D eigenvalue weighted by atomic mass is 16.5. The van der Waals surface area contributed by atoms with Crippen molar-refractivity contribution < 1.29 is 5.21 Å². The van der Waals surface area contributed by atoms with Crippen LogP contribution >= 0.6 is 0 Å². The van der Waals surface area contributed by atoms with Gasteiger partial charge in [0.25, 0.3) is 0 Å². The summed E-state index contributed by atoms with van der Waals surface area (Å²) in [4.78, 5) is 12.0. The molecule has 0 spiro atoms. The topological polar surface area (TPSA) is 59.2 Å². The third-order valence-corrected chi connectivity index (χ3v) is 3.43. The predicted octanol–water partition coefficient (Wildman–Crippen LogP) is 0.965. The Morgan fingerprint density at radius 1 is 1.18 bits per heavy atom. The van der Waals surface area contributed by atoms with Crippen LogP contribution in [0.15, 0.2) is 29.1 Å². The molecule has 2 aromatic rings. The van der Waals surface area contributed by atoms with Gasteiger partial charge in [0.05, 0.1) is 5.52 Å². The molecule has 5 heteroatoms. The Morgan fingerprint density at radius 2 is 1.82 bits per heavy atom. The highest BCUT2D eigenvalue weighted by Crippen LogP contribution is 2.22. The molecule has 90 valence electrons. The van der Waals surface area contributed by atoms with Crippen LogP contribution in [0.5, 0.6) is 0 Å². The first kappa shape index (κ1) is 10.4. The molecule has 0 atom stereocenters. The Kier molecular flexibility index (Phi) is 2.40. The summed E-state index contributed by atoms with van der Waals surface area (Å²) in [6.07, 6.45) is 1.85. The zero-order valence-electron chi connectivity index (χ0n) is 9.47. The van der Waals surface area contributed by atoms with Crippen molar-refractivity contribution in [1.29, 1.82) is 0 Å². The number of nitrogens with zero attached hydrogens (tertiary/aromatic N) is 2. The molecule has 0 amide bonds. The van der Waals surface area contributed by atoms with Crippen molar-refractivity contribution in [3.8, 4) is 0 Å². The molecule has 0 radical (unpaired) electrons. The number of nitrogens with one attached hydrogen (secondary N) is 1. The molecule has 3 rings (SSSR count). The van der Waals surface area contributed by atoms with Crippen LogP contribution in [0.2, 0.25) is 0 Å². The average Bonchev–Trinajstić information content (AvgIpc) is 2.64. The Morgan fingerprint density at radius 3 is 2.53 bits per heavy atom. The summed E-state index contributed by atoms with van der Waals surface area (Å²) in [5.41, 5.74) is 1.06. The lowest BCUT2D eigenvalue weighted by atomic mass is 10.1. The first-order valence-corrected chi connectivity index (χ1v) is 5.91. The summed E-state index contributed by atoms with van der Waals surface area (Å²) in [5.74, 6) is 0. The Hall–Kier alpha value is -1.75. The van der Waals surface area contributed by atoms with Crippen molar-refractivity contribution >= 4 is 11.0 Å². The molecule has 0 unspecified atom stereocenters. The molecule has 1 aromatic heterocycles. The largest absolute Gasteiger partial charge is 0.424 e. The van der Waals surface area contributed by atoms with Gasteiger partial charge in [-0.25, -0.2) is 4.79 Å². The quantitative estimate of drug-likeness (QED) is 0.721. The van der Waals surface area contributed by atoms with Crippen molar-refractivity contribution in [3.63, 3.8) is 0 Å². The molecule has 17 heavy (non-hydrogen) atoms. The van der Waals surface area contributed by atoms with Gasteiger partial charge >= 0.3 is 5.69 Å². The van der Waals surface area contributed by atoms with E-state index in [9.17, 15) is 10.0 Å². The Labute approximate surface area is 98.2 Å². The number of hydrogen-bond acceptors (Lipinski definition) is 3. The van der Waals surface area contributed by atoms with Gasteiger partial charge < -0.3 is 10.5 Å². The average molecular weight is 233 g/mol. The fraction of sp³-hybridized carbons (Fsp3) is 0.417. The predicted molar refractivity (Wildman–Crippen MR) is 64.5 cm³/mol. The number of fused-ring (bicyclic) bond motifs is 1. The van der Waals surface area contributed by atoms with Crippen molar-refractivity contribution in [2.75, 3.05) is 13.1 Å². The molecule has 5 nitrogen and oxygen atoms in total. The standard InChI is InChI=1S/C12H15N3O2/c16-12-14(9-5-7-13-8-6-9)10-3-1-2-4-11(10)15(12)17/h1-4,9,13,17H,5-8H2. The minimum Gasteiger partial charge on any atom is -0.424 e. The number of para-hydroxylation sites is 2. The Bertz CT molecular complexity index is 593. The minimum atomic E-state index is -0.335. The lowest BCUT2D eigenvalue weighted by molar-refractivity contribution is 0.180. The highest BCUT2D eigenvalue weighted by molar-refractivity contribution is 5.75. The van der Waals surface area contributed by atoms with E-state index in [-0.39, 0.29) is 11.7 Å². The maximum Gasteiger partial charge on any atom is 0.362 e. The third-order valence-electron chi connectivity index (χ3n) is 3.43. The van der Waals surface area contributed by atoms with Gasteiger partial charge in [-0.15, -0.1) is 4.73 Å². The van der Waals surface area contributed by atoms with Gasteiger partial charge in [0.15, 0.2) is 0 Å². The van der Waals surface area contributed by atoms with Gasteiger partial charge in [-0.1, -0.05) is 12.1 Å². The first-order chi connectivity index (χ1) is 8.29. The SMILES string of the molecule is O=c1n(O)c2ccccc2n1C1CCNCC1. The number of rotatable bonds is 1. The summed E-state index contributed by atoms with van der Waals surface area (Å²) in [5, 5.41) is 13.1. The van der Waals surface area contributed by atoms with E-state index >= 15 is 0 Å². The van der Waals surface area contributed by atoms with Crippen LogP contribution in [0.25, 0.3) is 11.0 Å². The second kappa shape index (κ2) is 3.92. The van der Waals surface area contributed by atoms with Gasteiger partial charge in [-0.3, -0.25) is 4.57 Å². The number of hydrogen-bond donors (Lipinski definition) is 2. The molecule has 1 aromatic carbocycles. The van der Waals surface area contributed by atoms with E-state index in [1.807, 2.05) is 18.2 Å². The molecular formula is C12H15N3O2. The molecule has 1 aliphatic heterocycles. The number of aromatic nitrogens is 2. The van der Waals surface area contributed by atoms with Crippen LogP contribution in [0.4, 0.5) is 0 Å². The van der Waals surface area contributed by atoms with Crippen molar-refractivity contribution in [3.05, 3.63) is 34.7 Å². The van der Waals surface area contributed by atoms with E-state index in [0.29, 0.717) is 5.52 Å². The molecule has 0 bridgehead atoms. The van der Waals surface area contributed by atoms with E-state index in [4.69, 9.17) is 0 Å². The van der Waals surface area contributed by atoms with Gasteiger partial charge in [-0.2, -0.15) is 0 Å². The van der Waals surface area contributed by atoms with Crippen LogP contribution in [0.3, 0.4) is 0 Å². The van der Waals surface area contributed by atoms with E-state index in [2.05, 4.69) is 5.32 Å². The first-order valence-electron chi connectivity index (χ1n) is 5.91. The van der Waals surface area contributed by atoms with E-state index < -0.39 is 0 Å². The molecular weight excluding hydrogens is 218 g/mol. The van der Waals surface area contributed by atoms with Crippen LogP contribution in [0.1, 0.15) is 18.9 Å². The van der Waals surface area contributed by atoms with Gasteiger partial charge in [0, 0.05) is 6.04 Å². The number of imidazole rings is 1. The van der Waals surface area contributed by atoms with Crippen molar-refractivity contribution in [1.82, 2.24) is 14.6 Å². The molecule has 0 aliphatic carbocycles. The van der Waals surface area contributed by atoms with Crippen molar-refractivity contribution in [2.24, 2.45) is 0 Å². The monoisotopic (exact) mass is 233 g/mol. The summed E-state index contributed by atoms with van der Waals surface area (Å²) in [6.45, 7) is 1.84. The third kappa shape index (κ3) is 1.54.